The number of anilines is 2. The number of carbonyl (C=O) groups is 2. The standard InChI is InChI=1S/C22H26N6O2/c1-2-14(13-24)21(29)28-20(26)18-12-16(8-9-19(18)25)27-22(30)17(10-11-23)15-6-4-3-5-7-15/h2-9,12-13,17,24H,10-11,23,25H2,1H3,(H,27,30)(H2,26,28,29)/b14-2+,24-13?. The lowest BCUT2D eigenvalue weighted by molar-refractivity contribution is -0.117. The van der Waals surface area contributed by atoms with Gasteiger partial charge in [0.25, 0.3) is 5.91 Å². The third-order valence-electron chi connectivity index (χ3n) is 4.51. The van der Waals surface area contributed by atoms with Crippen LogP contribution in [0.4, 0.5) is 11.4 Å². The molecule has 8 N–H and O–H groups in total. The van der Waals surface area contributed by atoms with E-state index in [2.05, 4.69) is 10.3 Å². The van der Waals surface area contributed by atoms with Crippen LogP contribution in [0.15, 0.2) is 65.2 Å². The molecule has 8 nitrogen and oxygen atoms in total. The van der Waals surface area contributed by atoms with Gasteiger partial charge in [0.05, 0.1) is 11.5 Å². The van der Waals surface area contributed by atoms with Gasteiger partial charge >= 0.3 is 0 Å². The van der Waals surface area contributed by atoms with Gasteiger partial charge in [-0.2, -0.15) is 4.99 Å². The maximum Gasteiger partial charge on any atom is 0.280 e. The normalized spacial score (nSPS) is 12.9. The Morgan fingerprint density at radius 2 is 1.90 bits per heavy atom. The molecule has 30 heavy (non-hydrogen) atoms. The fourth-order valence-corrected chi connectivity index (χ4v) is 2.89. The van der Waals surface area contributed by atoms with Gasteiger partial charge in [-0.05, 0) is 43.7 Å². The Hall–Kier alpha value is -3.78. The van der Waals surface area contributed by atoms with Crippen molar-refractivity contribution in [3.8, 4) is 0 Å². The summed E-state index contributed by atoms with van der Waals surface area (Å²) in [5.74, 6) is -1.37. The molecule has 2 rings (SSSR count). The van der Waals surface area contributed by atoms with Crippen LogP contribution in [-0.2, 0) is 9.59 Å². The van der Waals surface area contributed by atoms with E-state index in [0.717, 1.165) is 11.8 Å². The number of amides is 2. The lowest BCUT2D eigenvalue weighted by atomic mass is 9.94. The van der Waals surface area contributed by atoms with Crippen LogP contribution in [0.5, 0.6) is 0 Å². The van der Waals surface area contributed by atoms with E-state index in [9.17, 15) is 9.59 Å². The number of amidine groups is 1. The van der Waals surface area contributed by atoms with E-state index < -0.39 is 11.8 Å². The van der Waals surface area contributed by atoms with Gasteiger partial charge in [-0.15, -0.1) is 0 Å². The Balaban J connectivity index is 2.28. The monoisotopic (exact) mass is 406 g/mol. The predicted octanol–water partition coefficient (Wildman–Crippen LogP) is 2.17. The molecular formula is C22H26N6O2. The highest BCUT2D eigenvalue weighted by Gasteiger charge is 2.20. The Labute approximate surface area is 175 Å². The van der Waals surface area contributed by atoms with Gasteiger partial charge in [-0.25, -0.2) is 0 Å². The summed E-state index contributed by atoms with van der Waals surface area (Å²) in [6.45, 7) is 1.99. The van der Waals surface area contributed by atoms with Crippen molar-refractivity contribution < 1.29 is 9.59 Å². The Bertz CT molecular complexity index is 982. The van der Waals surface area contributed by atoms with Gasteiger partial charge in [0, 0.05) is 23.2 Å². The maximum atomic E-state index is 12.9. The molecule has 0 bridgehead atoms. The zero-order chi connectivity index (χ0) is 22.1. The number of aliphatic imine (C=N–C) groups is 1. The average molecular weight is 406 g/mol. The number of rotatable bonds is 8. The van der Waals surface area contributed by atoms with Crippen LogP contribution in [0.2, 0.25) is 0 Å². The van der Waals surface area contributed by atoms with Crippen molar-refractivity contribution in [2.45, 2.75) is 19.3 Å². The topological polar surface area (TPSA) is 160 Å². The molecule has 0 radical (unpaired) electrons. The average Bonchev–Trinajstić information content (AvgIpc) is 2.74. The van der Waals surface area contributed by atoms with Crippen molar-refractivity contribution in [1.82, 2.24) is 0 Å². The van der Waals surface area contributed by atoms with Crippen LogP contribution in [0.1, 0.15) is 30.4 Å². The summed E-state index contributed by atoms with van der Waals surface area (Å²) in [6, 6.07) is 14.2. The number of allylic oxidation sites excluding steroid dienone is 1. The SMILES string of the molecule is C/C=C(\C=N)C(=O)N=C(N)c1cc(NC(=O)C(CCN)c2ccccc2)ccc1N. The molecule has 0 aliphatic rings. The van der Waals surface area contributed by atoms with Gasteiger partial charge in [0.15, 0.2) is 0 Å². The number of carbonyl (C=O) groups excluding carboxylic acids is 2. The predicted molar refractivity (Wildman–Crippen MR) is 121 cm³/mol. The van der Waals surface area contributed by atoms with E-state index in [0.29, 0.717) is 29.9 Å². The van der Waals surface area contributed by atoms with Gasteiger partial charge in [-0.3, -0.25) is 9.59 Å². The van der Waals surface area contributed by atoms with Crippen molar-refractivity contribution in [3.63, 3.8) is 0 Å². The third kappa shape index (κ3) is 5.62. The van der Waals surface area contributed by atoms with Crippen LogP contribution in [0.3, 0.4) is 0 Å². The molecule has 0 aromatic heterocycles. The van der Waals surface area contributed by atoms with E-state index in [1.807, 2.05) is 30.3 Å². The molecular weight excluding hydrogens is 380 g/mol. The smallest absolute Gasteiger partial charge is 0.280 e. The van der Waals surface area contributed by atoms with E-state index >= 15 is 0 Å². The fraction of sp³-hybridized carbons (Fsp3) is 0.182. The summed E-state index contributed by atoms with van der Waals surface area (Å²) in [7, 11) is 0. The summed E-state index contributed by atoms with van der Waals surface area (Å²) in [5.41, 5.74) is 19.7. The highest BCUT2D eigenvalue weighted by atomic mass is 16.2. The second-order valence-corrected chi connectivity index (χ2v) is 6.52. The van der Waals surface area contributed by atoms with E-state index in [1.165, 1.54) is 6.08 Å². The minimum Gasteiger partial charge on any atom is -0.398 e. The fourth-order valence-electron chi connectivity index (χ4n) is 2.89. The number of nitrogens with zero attached hydrogens (tertiary/aromatic N) is 1. The van der Waals surface area contributed by atoms with Crippen LogP contribution in [0.25, 0.3) is 0 Å². The lowest BCUT2D eigenvalue weighted by Crippen LogP contribution is -2.24. The zero-order valence-corrected chi connectivity index (χ0v) is 16.8. The maximum absolute atomic E-state index is 12.9. The second kappa shape index (κ2) is 10.7. The molecule has 0 fully saturated rings. The van der Waals surface area contributed by atoms with Crippen LogP contribution in [-0.4, -0.2) is 30.4 Å². The molecule has 0 aliphatic heterocycles. The molecule has 156 valence electrons. The van der Waals surface area contributed by atoms with E-state index in [4.69, 9.17) is 22.6 Å². The van der Waals surface area contributed by atoms with Crippen molar-refractivity contribution in [2.24, 2.45) is 16.5 Å². The number of nitrogens with one attached hydrogen (secondary N) is 2. The van der Waals surface area contributed by atoms with Crippen LogP contribution >= 0.6 is 0 Å². The highest BCUT2D eigenvalue weighted by molar-refractivity contribution is 6.18. The molecule has 0 saturated heterocycles. The van der Waals surface area contributed by atoms with E-state index in [-0.39, 0.29) is 17.3 Å². The Morgan fingerprint density at radius 3 is 2.50 bits per heavy atom. The number of nitrogen functional groups attached to an aromatic ring is 1. The minimum absolute atomic E-state index is 0.101. The summed E-state index contributed by atoms with van der Waals surface area (Å²) in [5, 5.41) is 10.1. The Kier molecular flexibility index (Phi) is 8.01. The molecule has 0 spiro atoms. The molecule has 1 unspecified atom stereocenters. The van der Waals surface area contributed by atoms with E-state index in [1.54, 1.807) is 25.1 Å². The summed E-state index contributed by atoms with van der Waals surface area (Å²) in [4.78, 5) is 28.7. The first kappa shape index (κ1) is 22.5. The van der Waals surface area contributed by atoms with Gasteiger partial charge in [0.2, 0.25) is 5.91 Å². The molecule has 8 heteroatoms. The lowest BCUT2D eigenvalue weighted by Gasteiger charge is -2.17. The Morgan fingerprint density at radius 1 is 1.20 bits per heavy atom. The summed E-state index contributed by atoms with van der Waals surface area (Å²) >= 11 is 0. The molecule has 0 saturated carbocycles. The quantitative estimate of drug-likeness (QED) is 0.196. The van der Waals surface area contributed by atoms with Crippen molar-refractivity contribution in [2.75, 3.05) is 17.6 Å². The number of hydrogen-bond acceptors (Lipinski definition) is 5. The number of nitrogens with two attached hydrogens (primary N) is 3. The van der Waals surface area contributed by atoms with Gasteiger partial charge < -0.3 is 27.9 Å². The largest absolute Gasteiger partial charge is 0.398 e. The molecule has 2 amide bonds. The number of benzene rings is 2. The molecule has 2 aromatic carbocycles. The third-order valence-corrected chi connectivity index (χ3v) is 4.51. The second-order valence-electron chi connectivity index (χ2n) is 6.52. The van der Waals surface area contributed by atoms with Crippen molar-refractivity contribution >= 4 is 35.2 Å². The van der Waals surface area contributed by atoms with Crippen LogP contribution < -0.4 is 22.5 Å². The highest BCUT2D eigenvalue weighted by Crippen LogP contribution is 2.23. The first-order valence-electron chi connectivity index (χ1n) is 9.42. The van der Waals surface area contributed by atoms with Crippen molar-refractivity contribution in [1.29, 1.82) is 5.41 Å². The summed E-state index contributed by atoms with van der Waals surface area (Å²) < 4.78 is 0. The zero-order valence-electron chi connectivity index (χ0n) is 16.8. The molecule has 0 aliphatic carbocycles. The molecule has 1 atom stereocenters. The van der Waals surface area contributed by atoms with Gasteiger partial charge in [-0.1, -0.05) is 36.4 Å². The number of hydrogen-bond donors (Lipinski definition) is 5. The molecule has 2 aromatic rings. The van der Waals surface area contributed by atoms with Crippen LogP contribution in [0, 0.1) is 5.41 Å². The van der Waals surface area contributed by atoms with Gasteiger partial charge in [0.1, 0.15) is 5.84 Å². The summed E-state index contributed by atoms with van der Waals surface area (Å²) in [6.07, 6.45) is 2.86. The molecule has 0 heterocycles. The first-order chi connectivity index (χ1) is 14.4. The first-order valence-corrected chi connectivity index (χ1v) is 9.42. The van der Waals surface area contributed by atoms with Crippen molar-refractivity contribution in [3.05, 3.63) is 71.3 Å². The minimum atomic E-state index is -0.647.